The predicted octanol–water partition coefficient (Wildman–Crippen LogP) is 1.74. The summed E-state index contributed by atoms with van der Waals surface area (Å²) < 4.78 is 0. The Hall–Kier alpha value is -0.0400. The van der Waals surface area contributed by atoms with Crippen LogP contribution >= 0.6 is 0 Å². The zero-order chi connectivity index (χ0) is 6.85. The number of hydrogen-bond donors (Lipinski definition) is 0. The SMILES string of the molecule is CC(C)CC(C)N1CC1. The Morgan fingerprint density at radius 3 is 2.11 bits per heavy atom. The van der Waals surface area contributed by atoms with Crippen LogP contribution in [0.4, 0.5) is 0 Å². The lowest BCUT2D eigenvalue weighted by Gasteiger charge is -2.13. The van der Waals surface area contributed by atoms with Gasteiger partial charge in [0.25, 0.3) is 0 Å². The van der Waals surface area contributed by atoms with Crippen LogP contribution in [0.1, 0.15) is 27.2 Å². The molecule has 1 rings (SSSR count). The van der Waals surface area contributed by atoms with E-state index in [-0.39, 0.29) is 0 Å². The molecule has 0 aromatic carbocycles. The normalized spacial score (nSPS) is 22.7. The lowest BCUT2D eigenvalue weighted by Crippen LogP contribution is -2.16. The third kappa shape index (κ3) is 2.35. The highest BCUT2D eigenvalue weighted by molar-refractivity contribution is 4.79. The fourth-order valence-corrected chi connectivity index (χ4v) is 1.33. The summed E-state index contributed by atoms with van der Waals surface area (Å²) in [4.78, 5) is 2.51. The highest BCUT2D eigenvalue weighted by Gasteiger charge is 2.23. The van der Waals surface area contributed by atoms with Crippen LogP contribution in [0, 0.1) is 5.92 Å². The van der Waals surface area contributed by atoms with Crippen LogP contribution in [0.3, 0.4) is 0 Å². The molecular formula is C8H17N. The maximum absolute atomic E-state index is 2.51. The van der Waals surface area contributed by atoms with Gasteiger partial charge in [-0.05, 0) is 19.3 Å². The summed E-state index contributed by atoms with van der Waals surface area (Å²) in [7, 11) is 0. The summed E-state index contributed by atoms with van der Waals surface area (Å²) in [6, 6.07) is 0.838. The van der Waals surface area contributed by atoms with Gasteiger partial charge in [0.1, 0.15) is 0 Å². The first-order valence-electron chi connectivity index (χ1n) is 3.94. The van der Waals surface area contributed by atoms with E-state index >= 15 is 0 Å². The van der Waals surface area contributed by atoms with Crippen molar-refractivity contribution in [2.45, 2.75) is 33.2 Å². The molecule has 1 aliphatic heterocycles. The maximum atomic E-state index is 2.51. The van der Waals surface area contributed by atoms with Crippen molar-refractivity contribution in [2.75, 3.05) is 13.1 Å². The van der Waals surface area contributed by atoms with E-state index in [4.69, 9.17) is 0 Å². The van der Waals surface area contributed by atoms with Crippen molar-refractivity contribution < 1.29 is 0 Å². The van der Waals surface area contributed by atoms with Crippen LogP contribution in [-0.2, 0) is 0 Å². The third-order valence-corrected chi connectivity index (χ3v) is 1.92. The van der Waals surface area contributed by atoms with Crippen molar-refractivity contribution >= 4 is 0 Å². The minimum atomic E-state index is 0.838. The van der Waals surface area contributed by atoms with Gasteiger partial charge in [-0.1, -0.05) is 13.8 Å². The monoisotopic (exact) mass is 127 g/mol. The second-order valence-corrected chi connectivity index (χ2v) is 3.51. The van der Waals surface area contributed by atoms with Crippen molar-refractivity contribution in [3.05, 3.63) is 0 Å². The topological polar surface area (TPSA) is 3.01 Å². The van der Waals surface area contributed by atoms with E-state index < -0.39 is 0 Å². The maximum Gasteiger partial charge on any atom is 0.0113 e. The van der Waals surface area contributed by atoms with Crippen LogP contribution < -0.4 is 0 Å². The summed E-state index contributed by atoms with van der Waals surface area (Å²) in [6.07, 6.45) is 1.36. The molecule has 1 unspecified atom stereocenters. The third-order valence-electron chi connectivity index (χ3n) is 1.92. The molecule has 0 saturated carbocycles. The van der Waals surface area contributed by atoms with E-state index in [1.54, 1.807) is 0 Å². The molecule has 0 amide bonds. The Kier molecular flexibility index (Phi) is 2.12. The van der Waals surface area contributed by atoms with Crippen LogP contribution in [0.5, 0.6) is 0 Å². The summed E-state index contributed by atoms with van der Waals surface area (Å²) in [5, 5.41) is 0. The van der Waals surface area contributed by atoms with Gasteiger partial charge in [-0.15, -0.1) is 0 Å². The van der Waals surface area contributed by atoms with E-state index in [1.807, 2.05) is 0 Å². The molecule has 0 aromatic rings. The van der Waals surface area contributed by atoms with E-state index in [1.165, 1.54) is 19.5 Å². The van der Waals surface area contributed by atoms with Gasteiger partial charge >= 0.3 is 0 Å². The lowest BCUT2D eigenvalue weighted by molar-refractivity contribution is 0.359. The van der Waals surface area contributed by atoms with Crippen LogP contribution in [0.25, 0.3) is 0 Å². The number of hydrogen-bond acceptors (Lipinski definition) is 1. The summed E-state index contributed by atoms with van der Waals surface area (Å²) >= 11 is 0. The Bertz CT molecular complexity index is 84.6. The van der Waals surface area contributed by atoms with Gasteiger partial charge in [-0.3, -0.25) is 4.90 Å². The smallest absolute Gasteiger partial charge is 0.0113 e. The van der Waals surface area contributed by atoms with Crippen molar-refractivity contribution in [3.63, 3.8) is 0 Å². The fraction of sp³-hybridized carbons (Fsp3) is 1.00. The first kappa shape index (κ1) is 7.07. The van der Waals surface area contributed by atoms with Gasteiger partial charge in [0.2, 0.25) is 0 Å². The highest BCUT2D eigenvalue weighted by Crippen LogP contribution is 2.16. The minimum Gasteiger partial charge on any atom is -0.298 e. The lowest BCUT2D eigenvalue weighted by atomic mass is 10.1. The van der Waals surface area contributed by atoms with Gasteiger partial charge < -0.3 is 0 Å². The fourth-order valence-electron chi connectivity index (χ4n) is 1.33. The highest BCUT2D eigenvalue weighted by atomic mass is 15.3. The second-order valence-electron chi connectivity index (χ2n) is 3.51. The first-order valence-corrected chi connectivity index (χ1v) is 3.94. The van der Waals surface area contributed by atoms with Gasteiger partial charge in [0.15, 0.2) is 0 Å². The summed E-state index contributed by atoms with van der Waals surface area (Å²) in [5.41, 5.74) is 0. The van der Waals surface area contributed by atoms with Gasteiger partial charge in [0.05, 0.1) is 0 Å². The Morgan fingerprint density at radius 1 is 1.22 bits per heavy atom. The van der Waals surface area contributed by atoms with Crippen LogP contribution in [0.2, 0.25) is 0 Å². The molecule has 0 aliphatic carbocycles. The van der Waals surface area contributed by atoms with Gasteiger partial charge in [-0.2, -0.15) is 0 Å². The molecule has 0 N–H and O–H groups in total. The van der Waals surface area contributed by atoms with Gasteiger partial charge in [0, 0.05) is 19.1 Å². The van der Waals surface area contributed by atoms with Crippen molar-refractivity contribution in [1.29, 1.82) is 0 Å². The molecule has 1 heteroatoms. The molecule has 1 heterocycles. The quantitative estimate of drug-likeness (QED) is 0.522. The summed E-state index contributed by atoms with van der Waals surface area (Å²) in [5.74, 6) is 0.862. The zero-order valence-electron chi connectivity index (χ0n) is 6.72. The molecule has 0 aromatic heterocycles. The number of nitrogens with zero attached hydrogens (tertiary/aromatic N) is 1. The second kappa shape index (κ2) is 2.70. The minimum absolute atomic E-state index is 0.838. The van der Waals surface area contributed by atoms with E-state index in [0.717, 1.165) is 12.0 Å². The largest absolute Gasteiger partial charge is 0.298 e. The van der Waals surface area contributed by atoms with Crippen molar-refractivity contribution in [1.82, 2.24) is 4.90 Å². The summed E-state index contributed by atoms with van der Waals surface area (Å²) in [6.45, 7) is 9.59. The first-order chi connectivity index (χ1) is 4.20. The van der Waals surface area contributed by atoms with E-state index in [9.17, 15) is 0 Å². The van der Waals surface area contributed by atoms with E-state index in [2.05, 4.69) is 25.7 Å². The van der Waals surface area contributed by atoms with Crippen molar-refractivity contribution in [2.24, 2.45) is 5.92 Å². The molecule has 9 heavy (non-hydrogen) atoms. The average molecular weight is 127 g/mol. The Labute approximate surface area is 58.0 Å². The Balaban J connectivity index is 2.10. The molecule has 0 bridgehead atoms. The van der Waals surface area contributed by atoms with Gasteiger partial charge in [-0.25, -0.2) is 0 Å². The molecule has 0 spiro atoms. The van der Waals surface area contributed by atoms with Crippen LogP contribution in [0.15, 0.2) is 0 Å². The van der Waals surface area contributed by atoms with E-state index in [0.29, 0.717) is 0 Å². The predicted molar refractivity (Wildman–Crippen MR) is 40.5 cm³/mol. The molecule has 54 valence electrons. The molecule has 1 nitrogen and oxygen atoms in total. The average Bonchev–Trinajstić information content (AvgIpc) is 2.40. The molecule has 0 radical (unpaired) electrons. The standard InChI is InChI=1S/C8H17N/c1-7(2)6-8(3)9-4-5-9/h7-8H,4-6H2,1-3H3. The number of rotatable bonds is 3. The Morgan fingerprint density at radius 2 is 1.78 bits per heavy atom. The van der Waals surface area contributed by atoms with Crippen LogP contribution in [-0.4, -0.2) is 24.0 Å². The molecule has 1 fully saturated rings. The molecular weight excluding hydrogens is 110 g/mol. The van der Waals surface area contributed by atoms with Crippen molar-refractivity contribution in [3.8, 4) is 0 Å². The molecule has 1 aliphatic rings. The molecule has 1 saturated heterocycles. The molecule has 1 atom stereocenters. The zero-order valence-corrected chi connectivity index (χ0v) is 6.72.